The number of halogens is 1. The normalized spacial score (nSPS) is 17.2. The van der Waals surface area contributed by atoms with E-state index in [4.69, 9.17) is 27.3 Å². The van der Waals surface area contributed by atoms with Crippen LogP contribution in [0.1, 0.15) is 19.8 Å². The molecule has 0 bridgehead atoms. The van der Waals surface area contributed by atoms with Crippen molar-refractivity contribution in [1.82, 2.24) is 19.5 Å². The lowest BCUT2D eigenvalue weighted by Crippen LogP contribution is -2.36. The van der Waals surface area contributed by atoms with Crippen LogP contribution in [0.15, 0.2) is 30.6 Å². The number of nitrogens with one attached hydrogen (secondary N) is 1. The quantitative estimate of drug-likeness (QED) is 0.716. The maximum atomic E-state index is 6.11. The summed E-state index contributed by atoms with van der Waals surface area (Å²) in [4.78, 5) is 16.3. The molecule has 0 aliphatic carbocycles. The Morgan fingerprint density at radius 2 is 2.23 bits per heavy atom. The van der Waals surface area contributed by atoms with Gasteiger partial charge in [0.2, 0.25) is 5.95 Å². The Balaban J connectivity index is 1.81. The van der Waals surface area contributed by atoms with E-state index >= 15 is 0 Å². The molecule has 1 atom stereocenters. The smallest absolute Gasteiger partial charge is 0.229 e. The number of hydrogen-bond donors (Lipinski definition) is 2. The highest BCUT2D eigenvalue weighted by molar-refractivity contribution is 6.30. The summed E-state index contributed by atoms with van der Waals surface area (Å²) in [6.45, 7) is 4.39. The summed E-state index contributed by atoms with van der Waals surface area (Å²) in [5.41, 5.74) is 8.38. The highest BCUT2D eigenvalue weighted by Crippen LogP contribution is 2.29. The van der Waals surface area contributed by atoms with Gasteiger partial charge in [0.15, 0.2) is 17.0 Å². The third-order valence-corrected chi connectivity index (χ3v) is 5.02. The zero-order valence-corrected chi connectivity index (χ0v) is 15.4. The Hall–Kier alpha value is -2.38. The molecule has 0 spiro atoms. The number of anilines is 3. The lowest BCUT2D eigenvalue weighted by Gasteiger charge is -2.24. The average Bonchev–Trinajstić information content (AvgIpc) is 3.28. The van der Waals surface area contributed by atoms with Gasteiger partial charge in [-0.1, -0.05) is 17.7 Å². The lowest BCUT2D eigenvalue weighted by atomic mass is 10.2. The number of nitrogens with zero attached hydrogens (tertiary/aromatic N) is 5. The van der Waals surface area contributed by atoms with Crippen LogP contribution in [-0.2, 0) is 6.54 Å². The van der Waals surface area contributed by atoms with Crippen LogP contribution in [0, 0.1) is 0 Å². The fourth-order valence-electron chi connectivity index (χ4n) is 3.43. The predicted octanol–water partition coefficient (Wildman–Crippen LogP) is 3.17. The predicted molar refractivity (Wildman–Crippen MR) is 105 cm³/mol. The van der Waals surface area contributed by atoms with Crippen molar-refractivity contribution in [2.75, 3.05) is 23.3 Å². The summed E-state index contributed by atoms with van der Waals surface area (Å²) in [5.74, 6) is 1.38. The summed E-state index contributed by atoms with van der Waals surface area (Å²) in [6, 6.07) is 7.85. The van der Waals surface area contributed by atoms with Gasteiger partial charge < -0.3 is 20.5 Å². The van der Waals surface area contributed by atoms with Crippen molar-refractivity contribution < 1.29 is 0 Å². The Labute approximate surface area is 157 Å². The summed E-state index contributed by atoms with van der Waals surface area (Å²) in [5, 5.41) is 4.02. The molecule has 3 heterocycles. The Kier molecular flexibility index (Phi) is 4.65. The topological polar surface area (TPSA) is 84.9 Å². The molecule has 136 valence electrons. The Bertz CT molecular complexity index is 923. The molecule has 1 aliphatic heterocycles. The molecular formula is C18H22ClN7. The molecule has 2 aromatic heterocycles. The summed E-state index contributed by atoms with van der Waals surface area (Å²) < 4.78 is 2.02. The fourth-order valence-corrected chi connectivity index (χ4v) is 3.62. The van der Waals surface area contributed by atoms with Crippen molar-refractivity contribution in [2.45, 2.75) is 32.4 Å². The maximum absolute atomic E-state index is 6.11. The van der Waals surface area contributed by atoms with Gasteiger partial charge in [-0.05, 0) is 38.0 Å². The van der Waals surface area contributed by atoms with Gasteiger partial charge >= 0.3 is 0 Å². The van der Waals surface area contributed by atoms with E-state index in [1.807, 2.05) is 28.8 Å². The first-order chi connectivity index (χ1) is 12.7. The number of aromatic nitrogens is 4. The molecule has 4 rings (SSSR count). The minimum absolute atomic E-state index is 0.282. The SMILES string of the molecule is CCn1cnc2c(Nc3cccc(Cl)c3)nc(N3CCCC3CN)nc21. The molecular weight excluding hydrogens is 350 g/mol. The van der Waals surface area contributed by atoms with Gasteiger partial charge in [-0.15, -0.1) is 0 Å². The number of hydrogen-bond acceptors (Lipinski definition) is 6. The number of nitrogens with two attached hydrogens (primary N) is 1. The Morgan fingerprint density at radius 1 is 1.35 bits per heavy atom. The summed E-state index contributed by atoms with van der Waals surface area (Å²) in [7, 11) is 0. The highest BCUT2D eigenvalue weighted by Gasteiger charge is 2.27. The number of rotatable bonds is 5. The van der Waals surface area contributed by atoms with E-state index in [-0.39, 0.29) is 6.04 Å². The number of aryl methyl sites for hydroxylation is 1. The van der Waals surface area contributed by atoms with Gasteiger partial charge in [-0.2, -0.15) is 9.97 Å². The summed E-state index contributed by atoms with van der Waals surface area (Å²) >= 11 is 6.11. The summed E-state index contributed by atoms with van der Waals surface area (Å²) in [6.07, 6.45) is 3.98. The largest absolute Gasteiger partial charge is 0.338 e. The third kappa shape index (κ3) is 3.08. The van der Waals surface area contributed by atoms with Gasteiger partial charge in [0.25, 0.3) is 0 Å². The van der Waals surface area contributed by atoms with E-state index < -0.39 is 0 Å². The van der Waals surface area contributed by atoms with Crippen LogP contribution < -0.4 is 16.0 Å². The second-order valence-electron chi connectivity index (χ2n) is 6.44. The van der Waals surface area contributed by atoms with Crippen molar-refractivity contribution in [1.29, 1.82) is 0 Å². The zero-order valence-electron chi connectivity index (χ0n) is 14.7. The van der Waals surface area contributed by atoms with Crippen molar-refractivity contribution in [3.63, 3.8) is 0 Å². The average molecular weight is 372 g/mol. The molecule has 0 amide bonds. The first-order valence-corrected chi connectivity index (χ1v) is 9.29. The minimum Gasteiger partial charge on any atom is -0.338 e. The highest BCUT2D eigenvalue weighted by atomic mass is 35.5. The van der Waals surface area contributed by atoms with Gasteiger partial charge in [0.1, 0.15) is 0 Å². The molecule has 1 unspecified atom stereocenters. The van der Waals surface area contributed by atoms with Crippen molar-refractivity contribution in [3.05, 3.63) is 35.6 Å². The van der Waals surface area contributed by atoms with Crippen molar-refractivity contribution >= 4 is 40.2 Å². The first kappa shape index (κ1) is 17.1. The van der Waals surface area contributed by atoms with Gasteiger partial charge in [-0.25, -0.2) is 4.98 Å². The standard InChI is InChI=1S/C18H22ClN7/c1-2-25-11-21-15-16(22-13-6-3-5-12(19)9-13)23-18(24-17(15)25)26-8-4-7-14(26)10-20/h3,5-6,9,11,14H,2,4,7-8,10,20H2,1H3,(H,22,23,24). The zero-order chi connectivity index (χ0) is 18.1. The van der Waals surface area contributed by atoms with E-state index in [2.05, 4.69) is 22.1 Å². The van der Waals surface area contributed by atoms with Gasteiger partial charge in [0, 0.05) is 36.4 Å². The van der Waals surface area contributed by atoms with E-state index in [1.165, 1.54) is 0 Å². The van der Waals surface area contributed by atoms with E-state index in [0.717, 1.165) is 42.8 Å². The van der Waals surface area contributed by atoms with Crippen LogP contribution in [0.5, 0.6) is 0 Å². The lowest BCUT2D eigenvalue weighted by molar-refractivity contribution is 0.664. The molecule has 0 saturated carbocycles. The minimum atomic E-state index is 0.282. The first-order valence-electron chi connectivity index (χ1n) is 8.91. The monoisotopic (exact) mass is 371 g/mol. The van der Waals surface area contributed by atoms with E-state index in [9.17, 15) is 0 Å². The van der Waals surface area contributed by atoms with Crippen LogP contribution in [0.2, 0.25) is 5.02 Å². The molecule has 1 saturated heterocycles. The van der Waals surface area contributed by atoms with E-state index in [0.29, 0.717) is 23.3 Å². The van der Waals surface area contributed by atoms with Crippen LogP contribution in [-0.4, -0.2) is 38.7 Å². The van der Waals surface area contributed by atoms with Crippen LogP contribution in [0.25, 0.3) is 11.2 Å². The molecule has 3 N–H and O–H groups in total. The molecule has 1 aliphatic rings. The second-order valence-corrected chi connectivity index (χ2v) is 6.87. The molecule has 1 fully saturated rings. The van der Waals surface area contributed by atoms with Crippen molar-refractivity contribution in [3.8, 4) is 0 Å². The molecule has 7 nitrogen and oxygen atoms in total. The molecule has 26 heavy (non-hydrogen) atoms. The van der Waals surface area contributed by atoms with E-state index in [1.54, 1.807) is 6.33 Å². The second kappa shape index (κ2) is 7.09. The molecule has 3 aromatic rings. The number of benzene rings is 1. The van der Waals surface area contributed by atoms with Crippen LogP contribution in [0.4, 0.5) is 17.5 Å². The fraction of sp³-hybridized carbons (Fsp3) is 0.389. The molecule has 0 radical (unpaired) electrons. The van der Waals surface area contributed by atoms with Gasteiger partial charge in [-0.3, -0.25) is 0 Å². The molecule has 8 heteroatoms. The third-order valence-electron chi connectivity index (χ3n) is 4.79. The van der Waals surface area contributed by atoms with Crippen LogP contribution in [0.3, 0.4) is 0 Å². The van der Waals surface area contributed by atoms with Crippen LogP contribution >= 0.6 is 11.6 Å². The molecule has 1 aromatic carbocycles. The Morgan fingerprint density at radius 3 is 3.00 bits per heavy atom. The number of fused-ring (bicyclic) bond motifs is 1. The van der Waals surface area contributed by atoms with Gasteiger partial charge in [0.05, 0.1) is 6.33 Å². The van der Waals surface area contributed by atoms with Crippen molar-refractivity contribution in [2.24, 2.45) is 5.73 Å². The number of imidazole rings is 1. The maximum Gasteiger partial charge on any atom is 0.229 e.